The van der Waals surface area contributed by atoms with Crippen LogP contribution in [0.3, 0.4) is 0 Å². The summed E-state index contributed by atoms with van der Waals surface area (Å²) in [5.41, 5.74) is 1.36. The van der Waals surface area contributed by atoms with Crippen molar-refractivity contribution >= 4 is 29.1 Å². The zero-order valence-corrected chi connectivity index (χ0v) is 18.7. The topological polar surface area (TPSA) is 87.6 Å². The Kier molecular flexibility index (Phi) is 8.45. The molecule has 0 saturated carbocycles. The molecule has 1 aromatic carbocycles. The quantitative estimate of drug-likeness (QED) is 0.469. The Hall–Kier alpha value is -2.61. The lowest BCUT2D eigenvalue weighted by Gasteiger charge is -2.19. The number of nitrogens with one attached hydrogen (secondary N) is 3. The van der Waals surface area contributed by atoms with Crippen molar-refractivity contribution in [2.24, 2.45) is 4.99 Å². The summed E-state index contributed by atoms with van der Waals surface area (Å²) < 4.78 is 5.25. The molecular weight excluding hydrogens is 386 g/mol. The summed E-state index contributed by atoms with van der Waals surface area (Å²) in [4.78, 5) is 21.7. The molecule has 0 atom stereocenters. The van der Waals surface area contributed by atoms with Crippen LogP contribution in [-0.2, 0) is 24.1 Å². The van der Waals surface area contributed by atoms with Crippen LogP contribution in [0.4, 0.5) is 10.5 Å². The van der Waals surface area contributed by atoms with Crippen molar-refractivity contribution in [1.82, 2.24) is 15.6 Å². The molecule has 0 unspecified atom stereocenters. The molecule has 1 heterocycles. The summed E-state index contributed by atoms with van der Waals surface area (Å²) in [6.45, 7) is 9.05. The lowest BCUT2D eigenvalue weighted by molar-refractivity contribution is 0.0636. The van der Waals surface area contributed by atoms with Crippen molar-refractivity contribution in [3.8, 4) is 0 Å². The van der Waals surface area contributed by atoms with Gasteiger partial charge < -0.3 is 15.4 Å². The lowest BCUT2D eigenvalue weighted by atomic mass is 10.1. The number of aryl methyl sites for hydroxylation is 1. The maximum Gasteiger partial charge on any atom is 0.412 e. The van der Waals surface area contributed by atoms with E-state index in [9.17, 15) is 4.79 Å². The van der Waals surface area contributed by atoms with Gasteiger partial charge in [0.05, 0.1) is 6.54 Å². The maximum atomic E-state index is 11.8. The normalized spacial score (nSPS) is 11.8. The summed E-state index contributed by atoms with van der Waals surface area (Å²) >= 11 is 1.72. The molecule has 0 bridgehead atoms. The third-order valence-electron chi connectivity index (χ3n) is 3.89. The smallest absolute Gasteiger partial charge is 0.412 e. The molecule has 7 nitrogen and oxygen atoms in total. The van der Waals surface area contributed by atoms with Crippen LogP contribution in [0.5, 0.6) is 0 Å². The summed E-state index contributed by atoms with van der Waals surface area (Å²) in [5.74, 6) is 0.751. The Morgan fingerprint density at radius 2 is 1.93 bits per heavy atom. The number of aromatic nitrogens is 1. The van der Waals surface area contributed by atoms with Crippen molar-refractivity contribution < 1.29 is 9.53 Å². The molecule has 8 heteroatoms. The van der Waals surface area contributed by atoms with Gasteiger partial charge in [-0.3, -0.25) is 10.3 Å². The van der Waals surface area contributed by atoms with Crippen molar-refractivity contribution in [2.75, 3.05) is 18.9 Å². The van der Waals surface area contributed by atoms with Crippen LogP contribution in [0.2, 0.25) is 0 Å². The van der Waals surface area contributed by atoms with E-state index in [4.69, 9.17) is 4.74 Å². The molecule has 0 aliphatic rings. The van der Waals surface area contributed by atoms with Gasteiger partial charge >= 0.3 is 6.09 Å². The second kappa shape index (κ2) is 10.8. The highest BCUT2D eigenvalue weighted by Crippen LogP contribution is 2.14. The van der Waals surface area contributed by atoms with Crippen LogP contribution in [0, 0.1) is 0 Å². The predicted molar refractivity (Wildman–Crippen MR) is 120 cm³/mol. The van der Waals surface area contributed by atoms with Crippen LogP contribution in [0.25, 0.3) is 0 Å². The third-order valence-corrected chi connectivity index (χ3v) is 5.03. The average Bonchev–Trinajstić information content (AvgIpc) is 3.12. The molecule has 158 valence electrons. The zero-order valence-electron chi connectivity index (χ0n) is 17.8. The van der Waals surface area contributed by atoms with Gasteiger partial charge in [-0.25, -0.2) is 9.78 Å². The van der Waals surface area contributed by atoms with E-state index in [1.165, 1.54) is 4.88 Å². The fourth-order valence-electron chi connectivity index (χ4n) is 2.47. The first-order chi connectivity index (χ1) is 13.8. The number of ether oxygens (including phenoxy) is 1. The molecule has 1 aromatic heterocycles. The van der Waals surface area contributed by atoms with Crippen molar-refractivity contribution in [2.45, 2.75) is 52.7 Å². The monoisotopic (exact) mass is 417 g/mol. The molecule has 0 spiro atoms. The Balaban J connectivity index is 1.73. The van der Waals surface area contributed by atoms with Crippen LogP contribution in [0.1, 0.15) is 43.1 Å². The minimum atomic E-state index is -0.514. The number of amides is 1. The number of carbonyl (C=O) groups is 1. The molecule has 0 radical (unpaired) electrons. The van der Waals surface area contributed by atoms with Crippen molar-refractivity contribution in [1.29, 1.82) is 0 Å². The molecule has 0 aliphatic carbocycles. The van der Waals surface area contributed by atoms with E-state index in [1.54, 1.807) is 18.4 Å². The fraction of sp³-hybridized carbons (Fsp3) is 0.476. The maximum absolute atomic E-state index is 11.8. The third kappa shape index (κ3) is 8.51. The van der Waals surface area contributed by atoms with Gasteiger partial charge in [0.2, 0.25) is 0 Å². The zero-order chi connectivity index (χ0) is 21.3. The minimum Gasteiger partial charge on any atom is -0.444 e. The number of hydrogen-bond acceptors (Lipinski definition) is 5. The fourth-order valence-corrected chi connectivity index (χ4v) is 3.28. The van der Waals surface area contributed by atoms with Gasteiger partial charge in [-0.1, -0.05) is 19.1 Å². The van der Waals surface area contributed by atoms with E-state index in [0.717, 1.165) is 35.9 Å². The molecule has 29 heavy (non-hydrogen) atoms. The largest absolute Gasteiger partial charge is 0.444 e. The van der Waals surface area contributed by atoms with E-state index < -0.39 is 11.7 Å². The molecule has 1 amide bonds. The number of nitrogens with zero attached hydrogens (tertiary/aromatic N) is 2. The first-order valence-electron chi connectivity index (χ1n) is 9.76. The molecule has 0 fully saturated rings. The van der Waals surface area contributed by atoms with E-state index in [0.29, 0.717) is 12.2 Å². The van der Waals surface area contributed by atoms with Gasteiger partial charge in [-0.05, 0) is 51.3 Å². The van der Waals surface area contributed by atoms with E-state index in [2.05, 4.69) is 32.9 Å². The number of hydrogen-bond donors (Lipinski definition) is 3. The minimum absolute atomic E-state index is 0.451. The number of guanidine groups is 1. The molecule has 2 rings (SSSR count). The number of anilines is 1. The highest BCUT2D eigenvalue weighted by Gasteiger charge is 2.16. The summed E-state index contributed by atoms with van der Waals surface area (Å²) in [6, 6.07) is 7.74. The first kappa shape index (κ1) is 22.7. The van der Waals surface area contributed by atoms with E-state index in [1.807, 2.05) is 51.2 Å². The van der Waals surface area contributed by atoms with Gasteiger partial charge in [-0.2, -0.15) is 0 Å². The van der Waals surface area contributed by atoms with Gasteiger partial charge in [0, 0.05) is 30.4 Å². The van der Waals surface area contributed by atoms with Gasteiger partial charge in [0.25, 0.3) is 0 Å². The lowest BCUT2D eigenvalue weighted by Crippen LogP contribution is -2.37. The van der Waals surface area contributed by atoms with Gasteiger partial charge in [0.1, 0.15) is 10.6 Å². The SMILES string of the molecule is CCc1cnc(CNC(=NC)NCCc2ccc(NC(=O)OC(C)(C)C)cc2)s1. The van der Waals surface area contributed by atoms with Gasteiger partial charge in [-0.15, -0.1) is 11.3 Å². The average molecular weight is 418 g/mol. The standard InChI is InChI=1S/C21H31N5O2S/c1-6-17-13-24-18(29-17)14-25-19(22-5)23-12-11-15-7-9-16(10-8-15)26-20(27)28-21(2,3)4/h7-10,13H,6,11-12,14H2,1-5H3,(H,26,27)(H2,22,23,25). The number of thiazole rings is 1. The Bertz CT molecular complexity index is 809. The van der Waals surface area contributed by atoms with Crippen molar-refractivity contribution in [3.63, 3.8) is 0 Å². The molecule has 0 aliphatic heterocycles. The van der Waals surface area contributed by atoms with Crippen LogP contribution < -0.4 is 16.0 Å². The molecule has 3 N–H and O–H groups in total. The number of carbonyl (C=O) groups excluding carboxylic acids is 1. The summed E-state index contributed by atoms with van der Waals surface area (Å²) in [5, 5.41) is 10.4. The number of benzene rings is 1. The summed E-state index contributed by atoms with van der Waals surface area (Å²) in [7, 11) is 1.76. The Morgan fingerprint density at radius 1 is 1.21 bits per heavy atom. The van der Waals surface area contributed by atoms with Crippen LogP contribution >= 0.6 is 11.3 Å². The van der Waals surface area contributed by atoms with Crippen LogP contribution in [-0.4, -0.2) is 36.2 Å². The predicted octanol–water partition coefficient (Wildman–Crippen LogP) is 3.96. The molecule has 2 aromatic rings. The molecular formula is C21H31N5O2S. The molecule has 0 saturated heterocycles. The number of rotatable bonds is 7. The second-order valence-corrected chi connectivity index (χ2v) is 8.70. The van der Waals surface area contributed by atoms with Crippen molar-refractivity contribution in [3.05, 3.63) is 45.9 Å². The Labute approximate surface area is 177 Å². The number of aliphatic imine (C=N–C) groups is 1. The van der Waals surface area contributed by atoms with E-state index in [-0.39, 0.29) is 0 Å². The van der Waals surface area contributed by atoms with Crippen LogP contribution in [0.15, 0.2) is 35.5 Å². The second-order valence-electron chi connectivity index (χ2n) is 7.50. The Morgan fingerprint density at radius 3 is 2.52 bits per heavy atom. The van der Waals surface area contributed by atoms with E-state index >= 15 is 0 Å². The first-order valence-corrected chi connectivity index (χ1v) is 10.6. The summed E-state index contributed by atoms with van der Waals surface area (Å²) in [6.07, 6.45) is 3.33. The van der Waals surface area contributed by atoms with Gasteiger partial charge in [0.15, 0.2) is 5.96 Å². The highest BCUT2D eigenvalue weighted by atomic mass is 32.1. The highest BCUT2D eigenvalue weighted by molar-refractivity contribution is 7.11.